The van der Waals surface area contributed by atoms with Gasteiger partial charge in [0.05, 0.1) is 12.8 Å². The summed E-state index contributed by atoms with van der Waals surface area (Å²) >= 11 is 0. The zero-order valence-electron chi connectivity index (χ0n) is 17.2. The number of rotatable bonds is 8. The van der Waals surface area contributed by atoms with Gasteiger partial charge in [-0.3, -0.25) is 4.98 Å². The number of hydrogen-bond donors (Lipinski definition) is 2. The number of methoxy groups -OCH3 is 1. The summed E-state index contributed by atoms with van der Waals surface area (Å²) in [4.78, 5) is 13.1. The van der Waals surface area contributed by atoms with E-state index in [1.807, 2.05) is 84.9 Å². The van der Waals surface area contributed by atoms with E-state index in [9.17, 15) is 0 Å². The van der Waals surface area contributed by atoms with Crippen LogP contribution < -0.4 is 15.4 Å². The molecule has 0 spiro atoms. The van der Waals surface area contributed by atoms with Gasteiger partial charge in [-0.1, -0.05) is 36.4 Å². The predicted octanol–water partition coefficient (Wildman–Crippen LogP) is 5.41. The van der Waals surface area contributed by atoms with Crippen molar-refractivity contribution in [2.75, 3.05) is 17.7 Å². The molecule has 0 radical (unpaired) electrons. The molecular weight excluding hydrogens is 386 g/mol. The fourth-order valence-corrected chi connectivity index (χ4v) is 2.92. The van der Waals surface area contributed by atoms with Crippen molar-refractivity contribution in [3.63, 3.8) is 0 Å². The molecule has 0 saturated heterocycles. The molecule has 2 heterocycles. The van der Waals surface area contributed by atoms with Gasteiger partial charge in [-0.25, -0.2) is 4.98 Å². The largest absolute Gasteiger partial charge is 0.497 e. The highest BCUT2D eigenvalue weighted by Crippen LogP contribution is 2.18. The van der Waals surface area contributed by atoms with Crippen molar-refractivity contribution in [1.82, 2.24) is 15.0 Å². The third-order valence-electron chi connectivity index (χ3n) is 4.58. The van der Waals surface area contributed by atoms with Gasteiger partial charge >= 0.3 is 0 Å². The number of hydrogen-bond acceptors (Lipinski definition) is 6. The van der Waals surface area contributed by atoms with E-state index in [2.05, 4.69) is 25.6 Å². The van der Waals surface area contributed by atoms with E-state index < -0.39 is 0 Å². The molecule has 0 aliphatic heterocycles. The zero-order chi connectivity index (χ0) is 21.3. The lowest BCUT2D eigenvalue weighted by Gasteiger charge is -2.09. The van der Waals surface area contributed by atoms with Gasteiger partial charge in [-0.15, -0.1) is 0 Å². The van der Waals surface area contributed by atoms with Crippen LogP contribution in [0.2, 0.25) is 0 Å². The fourth-order valence-electron chi connectivity index (χ4n) is 2.92. The highest BCUT2D eigenvalue weighted by Gasteiger charge is 2.01. The highest BCUT2D eigenvalue weighted by atomic mass is 16.5. The first-order valence-corrected chi connectivity index (χ1v) is 9.94. The normalized spacial score (nSPS) is 10.7. The third-order valence-corrected chi connectivity index (χ3v) is 4.58. The zero-order valence-corrected chi connectivity index (χ0v) is 17.2. The molecule has 0 unspecified atom stereocenters. The maximum absolute atomic E-state index is 5.19. The fraction of sp³-hybridized carbons (Fsp3) is 0.0800. The molecule has 6 nitrogen and oxygen atoms in total. The Morgan fingerprint density at radius 3 is 2.42 bits per heavy atom. The van der Waals surface area contributed by atoms with Crippen LogP contribution in [0.15, 0.2) is 85.2 Å². The molecule has 0 aliphatic rings. The molecule has 6 heteroatoms. The maximum Gasteiger partial charge on any atom is 0.224 e. The Kier molecular flexibility index (Phi) is 6.50. The lowest BCUT2D eigenvalue weighted by atomic mass is 10.2. The Hall–Kier alpha value is -4.19. The van der Waals surface area contributed by atoms with Crippen LogP contribution in [0.3, 0.4) is 0 Å². The SMILES string of the molecule is COc1ccc(CNc2nccc(Nc3ccc(C=Cc4ccccn4)cc3)n2)cc1. The van der Waals surface area contributed by atoms with Crippen LogP contribution in [0.4, 0.5) is 17.5 Å². The van der Waals surface area contributed by atoms with E-state index in [1.54, 1.807) is 19.5 Å². The second-order valence-electron chi connectivity index (χ2n) is 6.80. The van der Waals surface area contributed by atoms with Crippen molar-refractivity contribution >= 4 is 29.6 Å². The number of ether oxygens (including phenoxy) is 1. The number of nitrogens with zero attached hydrogens (tertiary/aromatic N) is 3. The van der Waals surface area contributed by atoms with Gasteiger partial charge in [0.1, 0.15) is 11.6 Å². The number of benzene rings is 2. The van der Waals surface area contributed by atoms with E-state index >= 15 is 0 Å². The summed E-state index contributed by atoms with van der Waals surface area (Å²) in [5.74, 6) is 2.13. The first-order valence-electron chi connectivity index (χ1n) is 9.94. The van der Waals surface area contributed by atoms with E-state index in [1.165, 1.54) is 0 Å². The third kappa shape index (κ3) is 5.90. The average Bonchev–Trinajstić information content (AvgIpc) is 2.83. The van der Waals surface area contributed by atoms with Crippen LogP contribution in [0.1, 0.15) is 16.8 Å². The Balaban J connectivity index is 1.35. The van der Waals surface area contributed by atoms with Crippen LogP contribution >= 0.6 is 0 Å². The summed E-state index contributed by atoms with van der Waals surface area (Å²) in [6.07, 6.45) is 7.55. The number of pyridine rings is 1. The molecule has 2 aromatic carbocycles. The average molecular weight is 409 g/mol. The smallest absolute Gasteiger partial charge is 0.224 e. The van der Waals surface area contributed by atoms with Crippen molar-refractivity contribution in [1.29, 1.82) is 0 Å². The second kappa shape index (κ2) is 10.0. The van der Waals surface area contributed by atoms with Gasteiger partial charge in [-0.2, -0.15) is 4.98 Å². The minimum atomic E-state index is 0.565. The molecular formula is C25H23N5O. The topological polar surface area (TPSA) is 72.0 Å². The van der Waals surface area contributed by atoms with Crippen LogP contribution in [0.5, 0.6) is 5.75 Å². The molecule has 4 aromatic rings. The maximum atomic E-state index is 5.19. The number of aromatic nitrogens is 3. The summed E-state index contributed by atoms with van der Waals surface area (Å²) in [6, 6.07) is 23.7. The summed E-state index contributed by atoms with van der Waals surface area (Å²) < 4.78 is 5.19. The Labute approximate surface area is 181 Å². The number of nitrogens with one attached hydrogen (secondary N) is 2. The molecule has 0 bridgehead atoms. The molecule has 4 rings (SSSR count). The van der Waals surface area contributed by atoms with Crippen LogP contribution in [-0.2, 0) is 6.54 Å². The molecule has 0 atom stereocenters. The van der Waals surface area contributed by atoms with Gasteiger partial charge in [-0.05, 0) is 59.7 Å². The van der Waals surface area contributed by atoms with E-state index in [4.69, 9.17) is 4.74 Å². The Morgan fingerprint density at radius 1 is 0.839 bits per heavy atom. The monoisotopic (exact) mass is 409 g/mol. The van der Waals surface area contributed by atoms with E-state index in [0.29, 0.717) is 12.5 Å². The first-order chi connectivity index (χ1) is 15.3. The Bertz CT molecular complexity index is 1130. The van der Waals surface area contributed by atoms with Crippen molar-refractivity contribution in [3.8, 4) is 5.75 Å². The van der Waals surface area contributed by atoms with Gasteiger partial charge in [0.25, 0.3) is 0 Å². The number of anilines is 3. The molecule has 0 saturated carbocycles. The van der Waals surface area contributed by atoms with Crippen molar-refractivity contribution in [3.05, 3.63) is 102 Å². The lowest BCUT2D eigenvalue weighted by Crippen LogP contribution is -2.05. The van der Waals surface area contributed by atoms with E-state index in [0.717, 1.165) is 34.1 Å². The van der Waals surface area contributed by atoms with Crippen LogP contribution in [0.25, 0.3) is 12.2 Å². The molecule has 0 fully saturated rings. The van der Waals surface area contributed by atoms with Crippen molar-refractivity contribution < 1.29 is 4.74 Å². The van der Waals surface area contributed by atoms with Gasteiger partial charge < -0.3 is 15.4 Å². The standard InChI is InChI=1S/C25H23N5O/c1-31-23-13-8-20(9-14-23)18-28-25-27-17-15-24(30-25)29-22-11-6-19(7-12-22)5-10-21-4-2-3-16-26-21/h2-17H,18H2,1H3,(H2,27,28,29,30). The van der Waals surface area contributed by atoms with Crippen LogP contribution in [0, 0.1) is 0 Å². The second-order valence-corrected chi connectivity index (χ2v) is 6.80. The quantitative estimate of drug-likeness (QED) is 0.406. The summed E-state index contributed by atoms with van der Waals surface area (Å²) in [6.45, 7) is 0.630. The predicted molar refractivity (Wildman–Crippen MR) is 125 cm³/mol. The molecule has 2 aromatic heterocycles. The Morgan fingerprint density at radius 2 is 1.68 bits per heavy atom. The van der Waals surface area contributed by atoms with Crippen LogP contribution in [-0.4, -0.2) is 22.1 Å². The van der Waals surface area contributed by atoms with Gasteiger partial charge in [0.2, 0.25) is 5.95 Å². The molecule has 31 heavy (non-hydrogen) atoms. The molecule has 0 aliphatic carbocycles. The molecule has 0 amide bonds. The minimum absolute atomic E-state index is 0.565. The molecule has 2 N–H and O–H groups in total. The lowest BCUT2D eigenvalue weighted by molar-refractivity contribution is 0.414. The summed E-state index contributed by atoms with van der Waals surface area (Å²) in [5.41, 5.74) is 4.10. The minimum Gasteiger partial charge on any atom is -0.497 e. The van der Waals surface area contributed by atoms with E-state index in [-0.39, 0.29) is 0 Å². The first kappa shape index (κ1) is 20.1. The highest BCUT2D eigenvalue weighted by molar-refractivity contribution is 5.69. The van der Waals surface area contributed by atoms with Crippen molar-refractivity contribution in [2.45, 2.75) is 6.54 Å². The van der Waals surface area contributed by atoms with Gasteiger partial charge in [0.15, 0.2) is 0 Å². The summed E-state index contributed by atoms with van der Waals surface area (Å²) in [5, 5.41) is 6.56. The van der Waals surface area contributed by atoms with Gasteiger partial charge in [0, 0.05) is 24.6 Å². The summed E-state index contributed by atoms with van der Waals surface area (Å²) in [7, 11) is 1.66. The molecule has 154 valence electrons. The van der Waals surface area contributed by atoms with Crippen molar-refractivity contribution in [2.24, 2.45) is 0 Å².